The molecular formula is C26H29BrN2O3S. The van der Waals surface area contributed by atoms with Gasteiger partial charge in [0.15, 0.2) is 0 Å². The third-order valence-electron chi connectivity index (χ3n) is 5.45. The van der Waals surface area contributed by atoms with Crippen molar-refractivity contribution < 1.29 is 13.2 Å². The summed E-state index contributed by atoms with van der Waals surface area (Å²) in [5.74, 6) is -0.357. The fourth-order valence-electron chi connectivity index (χ4n) is 4.02. The third-order valence-corrected chi connectivity index (χ3v) is 8.04. The molecule has 174 valence electrons. The van der Waals surface area contributed by atoms with E-state index in [1.165, 1.54) is 4.31 Å². The Morgan fingerprint density at radius 1 is 0.970 bits per heavy atom. The van der Waals surface area contributed by atoms with Gasteiger partial charge in [-0.2, -0.15) is 4.31 Å². The van der Waals surface area contributed by atoms with Gasteiger partial charge in [0.2, 0.25) is 15.9 Å². The number of halogens is 1. The fraction of sp³-hybridized carbons (Fsp3) is 0.269. The number of aryl methyl sites for hydroxylation is 3. The summed E-state index contributed by atoms with van der Waals surface area (Å²) in [7, 11) is -3.91. The maximum absolute atomic E-state index is 13.8. The molecule has 0 spiro atoms. The molecule has 5 nitrogen and oxygen atoms in total. The van der Waals surface area contributed by atoms with Gasteiger partial charge in [0, 0.05) is 11.0 Å². The van der Waals surface area contributed by atoms with Crippen molar-refractivity contribution in [1.82, 2.24) is 9.62 Å². The summed E-state index contributed by atoms with van der Waals surface area (Å²) >= 11 is 3.44. The van der Waals surface area contributed by atoms with Crippen LogP contribution in [0, 0.1) is 20.8 Å². The molecule has 0 saturated heterocycles. The smallest absolute Gasteiger partial charge is 0.244 e. The van der Waals surface area contributed by atoms with Crippen molar-refractivity contribution >= 4 is 31.9 Å². The van der Waals surface area contributed by atoms with Crippen LogP contribution in [0.4, 0.5) is 0 Å². The van der Waals surface area contributed by atoms with Gasteiger partial charge < -0.3 is 5.32 Å². The van der Waals surface area contributed by atoms with Crippen molar-refractivity contribution in [2.24, 2.45) is 0 Å². The van der Waals surface area contributed by atoms with E-state index in [0.29, 0.717) is 11.1 Å². The van der Waals surface area contributed by atoms with Crippen LogP contribution in [-0.4, -0.2) is 25.2 Å². The number of carbonyl (C=O) groups is 1. The zero-order chi connectivity index (χ0) is 24.2. The Hall–Kier alpha value is -2.48. The number of benzene rings is 3. The topological polar surface area (TPSA) is 66.5 Å². The molecule has 3 rings (SSSR count). The van der Waals surface area contributed by atoms with Crippen LogP contribution in [0.25, 0.3) is 0 Å². The predicted molar refractivity (Wildman–Crippen MR) is 135 cm³/mol. The predicted octanol–water partition coefficient (Wildman–Crippen LogP) is 5.44. The Labute approximate surface area is 205 Å². The lowest BCUT2D eigenvalue weighted by Gasteiger charge is -2.25. The van der Waals surface area contributed by atoms with Crippen molar-refractivity contribution in [3.05, 3.63) is 99.0 Å². The van der Waals surface area contributed by atoms with Crippen molar-refractivity contribution in [2.75, 3.05) is 6.54 Å². The highest BCUT2D eigenvalue weighted by molar-refractivity contribution is 9.10. The molecule has 3 aromatic carbocycles. The Kier molecular flexibility index (Phi) is 8.10. The first-order valence-corrected chi connectivity index (χ1v) is 13.0. The lowest BCUT2D eigenvalue weighted by atomic mass is 10.1. The number of carbonyl (C=O) groups excluding carboxylic acids is 1. The zero-order valence-corrected chi connectivity index (χ0v) is 21.7. The van der Waals surface area contributed by atoms with E-state index in [1.54, 1.807) is 13.8 Å². The standard InChI is InChI=1S/C26H29BrN2O3S/c1-18-13-19(2)26(20(3)14-18)33(31,32)29(16-22-9-6-5-7-10-22)17-25(30)28-21(4)23-11-8-12-24(27)15-23/h5-15,21H,16-17H2,1-4H3,(H,28,30). The molecule has 0 fully saturated rings. The summed E-state index contributed by atoms with van der Waals surface area (Å²) < 4.78 is 29.7. The molecule has 0 saturated carbocycles. The second kappa shape index (κ2) is 10.6. The molecule has 0 bridgehead atoms. The van der Waals surface area contributed by atoms with Gasteiger partial charge in [0.05, 0.1) is 17.5 Å². The average Bonchev–Trinajstić information content (AvgIpc) is 2.73. The monoisotopic (exact) mass is 528 g/mol. The van der Waals surface area contributed by atoms with Crippen LogP contribution in [-0.2, 0) is 21.4 Å². The van der Waals surface area contributed by atoms with E-state index in [1.807, 2.05) is 80.6 Å². The molecule has 1 N–H and O–H groups in total. The fourth-order valence-corrected chi connectivity index (χ4v) is 6.24. The third kappa shape index (κ3) is 6.31. The molecule has 33 heavy (non-hydrogen) atoms. The summed E-state index contributed by atoms with van der Waals surface area (Å²) in [5, 5.41) is 2.94. The van der Waals surface area contributed by atoms with Gasteiger partial charge in [-0.25, -0.2) is 8.42 Å². The van der Waals surface area contributed by atoms with E-state index in [9.17, 15) is 13.2 Å². The minimum atomic E-state index is -3.91. The minimum Gasteiger partial charge on any atom is -0.348 e. The number of hydrogen-bond acceptors (Lipinski definition) is 3. The van der Waals surface area contributed by atoms with Crippen molar-refractivity contribution in [1.29, 1.82) is 0 Å². The van der Waals surface area contributed by atoms with Gasteiger partial charge >= 0.3 is 0 Å². The zero-order valence-electron chi connectivity index (χ0n) is 19.3. The summed E-state index contributed by atoms with van der Waals surface area (Å²) in [5.41, 5.74) is 4.10. The van der Waals surface area contributed by atoms with E-state index in [2.05, 4.69) is 21.2 Å². The molecule has 0 aliphatic heterocycles. The average molecular weight is 530 g/mol. The number of nitrogens with one attached hydrogen (secondary N) is 1. The van der Waals surface area contributed by atoms with E-state index in [4.69, 9.17) is 0 Å². The quantitative estimate of drug-likeness (QED) is 0.423. The van der Waals surface area contributed by atoms with Gasteiger partial charge in [0.1, 0.15) is 0 Å². The maximum atomic E-state index is 13.8. The lowest BCUT2D eigenvalue weighted by Crippen LogP contribution is -2.41. The first-order chi connectivity index (χ1) is 15.6. The molecule has 0 aliphatic carbocycles. The number of hydrogen-bond donors (Lipinski definition) is 1. The van der Waals surface area contributed by atoms with E-state index < -0.39 is 10.0 Å². The lowest BCUT2D eigenvalue weighted by molar-refractivity contribution is -0.122. The maximum Gasteiger partial charge on any atom is 0.244 e. The Morgan fingerprint density at radius 2 is 1.61 bits per heavy atom. The summed E-state index contributed by atoms with van der Waals surface area (Å²) in [4.78, 5) is 13.2. The Morgan fingerprint density at radius 3 is 2.21 bits per heavy atom. The van der Waals surface area contributed by atoms with Crippen molar-refractivity contribution in [2.45, 2.75) is 45.2 Å². The van der Waals surface area contributed by atoms with Crippen molar-refractivity contribution in [3.63, 3.8) is 0 Å². The molecule has 1 atom stereocenters. The minimum absolute atomic E-state index is 0.106. The molecule has 0 aromatic heterocycles. The molecule has 0 aliphatic rings. The van der Waals surface area contributed by atoms with Crippen LogP contribution < -0.4 is 5.32 Å². The first kappa shape index (κ1) is 25.1. The summed E-state index contributed by atoms with van der Waals surface area (Å²) in [6.07, 6.45) is 0. The summed E-state index contributed by atoms with van der Waals surface area (Å²) in [6, 6.07) is 20.4. The van der Waals surface area contributed by atoms with Gasteiger partial charge in [-0.15, -0.1) is 0 Å². The highest BCUT2D eigenvalue weighted by Gasteiger charge is 2.30. The van der Waals surface area contributed by atoms with Gasteiger partial charge in [-0.1, -0.05) is 76.1 Å². The second-order valence-electron chi connectivity index (χ2n) is 8.33. The van der Waals surface area contributed by atoms with Crippen LogP contribution in [0.15, 0.2) is 76.1 Å². The number of sulfonamides is 1. The largest absolute Gasteiger partial charge is 0.348 e. The molecule has 7 heteroatoms. The molecule has 0 radical (unpaired) electrons. The highest BCUT2D eigenvalue weighted by Crippen LogP contribution is 2.26. The van der Waals surface area contributed by atoms with Gasteiger partial charge in [-0.05, 0) is 62.1 Å². The SMILES string of the molecule is Cc1cc(C)c(S(=O)(=O)N(CC(=O)NC(C)c2cccc(Br)c2)Cc2ccccc2)c(C)c1. The number of amides is 1. The van der Waals surface area contributed by atoms with E-state index >= 15 is 0 Å². The summed E-state index contributed by atoms with van der Waals surface area (Å²) in [6.45, 7) is 7.24. The Balaban J connectivity index is 1.91. The van der Waals surface area contributed by atoms with Crippen LogP contribution in [0.2, 0.25) is 0 Å². The molecule has 1 unspecified atom stereocenters. The molecular weight excluding hydrogens is 500 g/mol. The normalized spacial score (nSPS) is 12.5. The number of nitrogens with zero attached hydrogens (tertiary/aromatic N) is 1. The first-order valence-electron chi connectivity index (χ1n) is 10.7. The van der Waals surface area contributed by atoms with Crippen LogP contribution in [0.5, 0.6) is 0 Å². The highest BCUT2D eigenvalue weighted by atomic mass is 79.9. The molecule has 3 aromatic rings. The Bertz CT molecular complexity index is 1220. The van der Waals surface area contributed by atoms with Crippen LogP contribution >= 0.6 is 15.9 Å². The second-order valence-corrected chi connectivity index (χ2v) is 11.1. The van der Waals surface area contributed by atoms with Gasteiger partial charge in [0.25, 0.3) is 0 Å². The molecule has 0 heterocycles. The van der Waals surface area contributed by atoms with Crippen LogP contribution in [0.3, 0.4) is 0 Å². The number of rotatable bonds is 8. The van der Waals surface area contributed by atoms with Crippen molar-refractivity contribution in [3.8, 4) is 0 Å². The van der Waals surface area contributed by atoms with Crippen LogP contribution in [0.1, 0.15) is 40.8 Å². The van der Waals surface area contributed by atoms with E-state index in [0.717, 1.165) is 21.2 Å². The molecule has 1 amide bonds. The van der Waals surface area contributed by atoms with E-state index in [-0.39, 0.29) is 29.9 Å². The van der Waals surface area contributed by atoms with Gasteiger partial charge in [-0.3, -0.25) is 4.79 Å².